The highest BCUT2D eigenvalue weighted by Crippen LogP contribution is 2.28. The van der Waals surface area contributed by atoms with Gasteiger partial charge in [0.1, 0.15) is 5.60 Å². The molecular weight excluding hydrogens is 355 g/mol. The molecule has 0 aliphatic heterocycles. The average molecular weight is 380 g/mol. The molecule has 26 heavy (non-hydrogen) atoms. The smallest absolute Gasteiger partial charge is 0.443 e. The SMILES string of the molecule is CC(C)CN(C)C(=O)c1cc2c(cc(B(O)O)n2C(=O)OC(C)(C)C)s1. The molecule has 2 aromatic heterocycles. The predicted molar refractivity (Wildman–Crippen MR) is 103 cm³/mol. The summed E-state index contributed by atoms with van der Waals surface area (Å²) in [5.41, 5.74) is -0.305. The summed E-state index contributed by atoms with van der Waals surface area (Å²) in [5.74, 6) is 0.201. The van der Waals surface area contributed by atoms with Crippen molar-refractivity contribution in [2.45, 2.75) is 40.2 Å². The second-order valence-corrected chi connectivity index (χ2v) is 8.78. The topological polar surface area (TPSA) is 92.0 Å². The number of carbonyl (C=O) groups is 2. The van der Waals surface area contributed by atoms with E-state index in [-0.39, 0.29) is 11.5 Å². The Morgan fingerprint density at radius 3 is 2.42 bits per heavy atom. The molecule has 142 valence electrons. The highest BCUT2D eigenvalue weighted by molar-refractivity contribution is 7.21. The van der Waals surface area contributed by atoms with Gasteiger partial charge in [-0.3, -0.25) is 9.36 Å². The first-order valence-corrected chi connectivity index (χ1v) is 9.22. The molecular formula is C17H25BN2O5S. The highest BCUT2D eigenvalue weighted by atomic mass is 32.1. The van der Waals surface area contributed by atoms with Crippen LogP contribution in [0.2, 0.25) is 0 Å². The van der Waals surface area contributed by atoms with Crippen molar-refractivity contribution in [3.05, 3.63) is 17.0 Å². The zero-order valence-corrected chi connectivity index (χ0v) is 16.8. The summed E-state index contributed by atoms with van der Waals surface area (Å²) in [6.07, 6.45) is -0.720. The van der Waals surface area contributed by atoms with E-state index in [1.807, 2.05) is 13.8 Å². The Bertz CT molecular complexity index is 819. The van der Waals surface area contributed by atoms with E-state index in [0.29, 0.717) is 27.6 Å². The molecule has 0 fully saturated rings. The number of thiophene rings is 1. The number of rotatable bonds is 4. The van der Waals surface area contributed by atoms with Gasteiger partial charge in [-0.25, -0.2) is 4.79 Å². The van der Waals surface area contributed by atoms with Crippen molar-refractivity contribution in [1.82, 2.24) is 9.47 Å². The van der Waals surface area contributed by atoms with Gasteiger partial charge >= 0.3 is 13.2 Å². The van der Waals surface area contributed by atoms with Crippen molar-refractivity contribution in [2.24, 2.45) is 5.92 Å². The van der Waals surface area contributed by atoms with Crippen molar-refractivity contribution in [3.63, 3.8) is 0 Å². The molecule has 0 aromatic carbocycles. The van der Waals surface area contributed by atoms with Gasteiger partial charge in [-0.15, -0.1) is 11.3 Å². The molecule has 0 saturated heterocycles. The van der Waals surface area contributed by atoms with E-state index >= 15 is 0 Å². The summed E-state index contributed by atoms with van der Waals surface area (Å²) < 4.78 is 7.09. The number of hydrogen-bond acceptors (Lipinski definition) is 6. The van der Waals surface area contributed by atoms with Crippen LogP contribution in [0, 0.1) is 5.92 Å². The third-order valence-corrected chi connectivity index (χ3v) is 4.61. The Morgan fingerprint density at radius 2 is 1.92 bits per heavy atom. The number of aromatic nitrogens is 1. The molecule has 0 saturated carbocycles. The third kappa shape index (κ3) is 4.46. The van der Waals surface area contributed by atoms with Crippen LogP contribution in [-0.2, 0) is 4.74 Å². The first kappa shape index (κ1) is 20.5. The minimum Gasteiger partial charge on any atom is -0.443 e. The molecule has 0 aliphatic rings. The highest BCUT2D eigenvalue weighted by Gasteiger charge is 2.29. The Hall–Kier alpha value is -1.84. The van der Waals surface area contributed by atoms with E-state index in [9.17, 15) is 19.6 Å². The van der Waals surface area contributed by atoms with Gasteiger partial charge in [-0.2, -0.15) is 0 Å². The summed E-state index contributed by atoms with van der Waals surface area (Å²) in [6.45, 7) is 9.85. The Kier molecular flexibility index (Phi) is 5.84. The zero-order chi connectivity index (χ0) is 19.8. The van der Waals surface area contributed by atoms with E-state index in [4.69, 9.17) is 4.74 Å². The van der Waals surface area contributed by atoms with Gasteiger partial charge in [0.2, 0.25) is 0 Å². The molecule has 2 aromatic rings. The van der Waals surface area contributed by atoms with Crippen molar-refractivity contribution < 1.29 is 24.4 Å². The lowest BCUT2D eigenvalue weighted by atomic mass is 9.86. The largest absolute Gasteiger partial charge is 0.506 e. The van der Waals surface area contributed by atoms with Crippen LogP contribution in [-0.4, -0.2) is 57.8 Å². The molecule has 0 bridgehead atoms. The molecule has 2 heterocycles. The Balaban J connectivity index is 2.46. The number of fused-ring (bicyclic) bond motifs is 1. The summed E-state index contributed by atoms with van der Waals surface area (Å²) in [6, 6.07) is 3.09. The standard InChI is InChI=1S/C17H25BN2O5S/c1-10(2)9-19(6)15(21)13-7-11-12(26-13)8-14(18(23)24)20(11)16(22)25-17(3,4)5/h7-8,10,23-24H,9H2,1-6H3. The van der Waals surface area contributed by atoms with Crippen molar-refractivity contribution >= 4 is 46.3 Å². The fourth-order valence-electron chi connectivity index (χ4n) is 2.64. The minimum atomic E-state index is -1.83. The van der Waals surface area contributed by atoms with Gasteiger partial charge in [0.05, 0.1) is 20.7 Å². The number of hydrogen-bond donors (Lipinski definition) is 2. The molecule has 2 rings (SSSR count). The lowest BCUT2D eigenvalue weighted by Crippen LogP contribution is -2.41. The van der Waals surface area contributed by atoms with Crippen LogP contribution in [0.15, 0.2) is 12.1 Å². The van der Waals surface area contributed by atoms with Gasteiger partial charge in [0.15, 0.2) is 0 Å². The maximum atomic E-state index is 12.6. The van der Waals surface area contributed by atoms with Gasteiger partial charge in [0.25, 0.3) is 5.91 Å². The van der Waals surface area contributed by atoms with Crippen LogP contribution in [0.1, 0.15) is 44.3 Å². The second-order valence-electron chi connectivity index (χ2n) is 7.70. The molecule has 0 aliphatic carbocycles. The van der Waals surface area contributed by atoms with Crippen LogP contribution < -0.4 is 5.59 Å². The fraction of sp³-hybridized carbons (Fsp3) is 0.529. The zero-order valence-electron chi connectivity index (χ0n) is 15.9. The first-order valence-electron chi connectivity index (χ1n) is 8.41. The normalized spacial score (nSPS) is 11.9. The van der Waals surface area contributed by atoms with Crippen LogP contribution >= 0.6 is 11.3 Å². The summed E-state index contributed by atoms with van der Waals surface area (Å²) in [4.78, 5) is 27.3. The molecule has 7 nitrogen and oxygen atoms in total. The number of amides is 1. The number of carbonyl (C=O) groups excluding carboxylic acids is 2. The fourth-order valence-corrected chi connectivity index (χ4v) is 3.72. The number of ether oxygens (including phenoxy) is 1. The van der Waals surface area contributed by atoms with Gasteiger partial charge in [-0.1, -0.05) is 13.8 Å². The monoisotopic (exact) mass is 380 g/mol. The van der Waals surface area contributed by atoms with E-state index in [0.717, 1.165) is 4.57 Å². The van der Waals surface area contributed by atoms with Crippen LogP contribution in [0.5, 0.6) is 0 Å². The lowest BCUT2D eigenvalue weighted by molar-refractivity contribution is 0.0547. The van der Waals surface area contributed by atoms with Crippen LogP contribution in [0.25, 0.3) is 10.2 Å². The maximum absolute atomic E-state index is 12.6. The van der Waals surface area contributed by atoms with Gasteiger partial charge < -0.3 is 19.7 Å². The Labute approximate surface area is 157 Å². The molecule has 1 amide bonds. The van der Waals surface area contributed by atoms with Crippen LogP contribution in [0.3, 0.4) is 0 Å². The second kappa shape index (κ2) is 7.42. The average Bonchev–Trinajstić information content (AvgIpc) is 3.00. The molecule has 0 unspecified atom stereocenters. The number of nitrogens with zero attached hydrogens (tertiary/aromatic N) is 2. The first-order chi connectivity index (χ1) is 11.9. The molecule has 9 heteroatoms. The van der Waals surface area contributed by atoms with Crippen molar-refractivity contribution in [2.75, 3.05) is 13.6 Å². The van der Waals surface area contributed by atoms with E-state index < -0.39 is 18.8 Å². The van der Waals surface area contributed by atoms with Crippen molar-refractivity contribution in [3.8, 4) is 0 Å². The van der Waals surface area contributed by atoms with E-state index in [1.165, 1.54) is 17.4 Å². The Morgan fingerprint density at radius 1 is 1.31 bits per heavy atom. The third-order valence-electron chi connectivity index (χ3n) is 3.56. The van der Waals surface area contributed by atoms with E-state index in [1.54, 1.807) is 38.8 Å². The predicted octanol–water partition coefficient (Wildman–Crippen LogP) is 1.89. The maximum Gasteiger partial charge on any atom is 0.506 e. The van der Waals surface area contributed by atoms with Gasteiger partial charge in [-0.05, 0) is 38.8 Å². The minimum absolute atomic E-state index is 0.00929. The van der Waals surface area contributed by atoms with Crippen molar-refractivity contribution in [1.29, 1.82) is 0 Å². The van der Waals surface area contributed by atoms with Crippen LogP contribution in [0.4, 0.5) is 4.79 Å². The quantitative estimate of drug-likeness (QED) is 0.791. The summed E-state index contributed by atoms with van der Waals surface area (Å²) in [5, 5.41) is 19.2. The summed E-state index contributed by atoms with van der Waals surface area (Å²) >= 11 is 1.21. The molecule has 2 N–H and O–H groups in total. The van der Waals surface area contributed by atoms with Gasteiger partial charge in [0, 0.05) is 13.6 Å². The molecule has 0 atom stereocenters. The molecule has 0 spiro atoms. The van der Waals surface area contributed by atoms with E-state index in [2.05, 4.69) is 0 Å². The summed E-state index contributed by atoms with van der Waals surface area (Å²) in [7, 11) is -0.0951. The lowest BCUT2D eigenvalue weighted by Gasteiger charge is -2.20. The molecule has 0 radical (unpaired) electrons.